The van der Waals surface area contributed by atoms with Crippen molar-refractivity contribution in [1.29, 1.82) is 0 Å². The van der Waals surface area contributed by atoms with Crippen LogP contribution in [-0.4, -0.2) is 12.4 Å². The SMILES string of the molecule is Cl.FC(F)(F)c1ccc(NNC2=NCCC2)cc1. The summed E-state index contributed by atoms with van der Waals surface area (Å²) in [7, 11) is 0. The summed E-state index contributed by atoms with van der Waals surface area (Å²) in [5, 5.41) is 0. The average molecular weight is 280 g/mol. The maximum absolute atomic E-state index is 12.3. The van der Waals surface area contributed by atoms with Crippen molar-refractivity contribution in [1.82, 2.24) is 5.43 Å². The van der Waals surface area contributed by atoms with Crippen LogP contribution in [0.2, 0.25) is 0 Å². The maximum Gasteiger partial charge on any atom is 0.416 e. The molecule has 0 fully saturated rings. The number of hydrazine groups is 1. The zero-order chi connectivity index (χ0) is 12.3. The number of alkyl halides is 3. The number of rotatable bonds is 2. The topological polar surface area (TPSA) is 36.4 Å². The van der Waals surface area contributed by atoms with Gasteiger partial charge in [-0.2, -0.15) is 13.2 Å². The van der Waals surface area contributed by atoms with Gasteiger partial charge in [0.1, 0.15) is 5.84 Å². The summed E-state index contributed by atoms with van der Waals surface area (Å²) < 4.78 is 36.9. The smallest absolute Gasteiger partial charge is 0.300 e. The molecule has 100 valence electrons. The highest BCUT2D eigenvalue weighted by Crippen LogP contribution is 2.29. The summed E-state index contributed by atoms with van der Waals surface area (Å²) in [5.41, 5.74) is 5.62. The second kappa shape index (κ2) is 5.95. The van der Waals surface area contributed by atoms with Gasteiger partial charge in [0, 0.05) is 13.0 Å². The van der Waals surface area contributed by atoms with Gasteiger partial charge in [-0.1, -0.05) is 0 Å². The normalized spacial score (nSPS) is 14.7. The highest BCUT2D eigenvalue weighted by molar-refractivity contribution is 5.85. The molecular formula is C11H13ClF3N3. The molecule has 1 aliphatic rings. The van der Waals surface area contributed by atoms with Crippen molar-refractivity contribution in [2.45, 2.75) is 19.0 Å². The maximum atomic E-state index is 12.3. The molecule has 0 bridgehead atoms. The van der Waals surface area contributed by atoms with E-state index >= 15 is 0 Å². The Kier molecular flexibility index (Phi) is 4.84. The van der Waals surface area contributed by atoms with E-state index in [-0.39, 0.29) is 12.4 Å². The third kappa shape index (κ3) is 3.80. The average Bonchev–Trinajstić information content (AvgIpc) is 2.78. The predicted molar refractivity (Wildman–Crippen MR) is 67.0 cm³/mol. The van der Waals surface area contributed by atoms with Crippen LogP contribution < -0.4 is 10.9 Å². The van der Waals surface area contributed by atoms with Crippen LogP contribution in [0.5, 0.6) is 0 Å². The molecule has 2 N–H and O–H groups in total. The summed E-state index contributed by atoms with van der Waals surface area (Å²) in [6.45, 7) is 0.803. The zero-order valence-corrected chi connectivity index (χ0v) is 10.2. The van der Waals surface area contributed by atoms with Crippen LogP contribution in [0.1, 0.15) is 18.4 Å². The van der Waals surface area contributed by atoms with E-state index in [1.54, 1.807) is 0 Å². The minimum Gasteiger partial charge on any atom is -0.300 e. The zero-order valence-electron chi connectivity index (χ0n) is 9.42. The molecule has 1 aliphatic heterocycles. The first kappa shape index (κ1) is 14.6. The lowest BCUT2D eigenvalue weighted by atomic mass is 10.2. The Morgan fingerprint density at radius 2 is 1.72 bits per heavy atom. The van der Waals surface area contributed by atoms with Crippen LogP contribution in [-0.2, 0) is 6.18 Å². The fourth-order valence-corrected chi connectivity index (χ4v) is 1.53. The van der Waals surface area contributed by atoms with Crippen molar-refractivity contribution in [3.63, 3.8) is 0 Å². The minimum atomic E-state index is -4.29. The molecule has 1 aromatic carbocycles. The van der Waals surface area contributed by atoms with Crippen LogP contribution in [0.25, 0.3) is 0 Å². The standard InChI is InChI=1S/C11H12F3N3.ClH/c12-11(13,14)8-3-5-9(6-4-8)16-17-10-2-1-7-15-10;/h3-6,16H,1-2,7H2,(H,15,17);1H. The van der Waals surface area contributed by atoms with E-state index in [0.717, 1.165) is 37.4 Å². The van der Waals surface area contributed by atoms with Crippen molar-refractivity contribution in [2.24, 2.45) is 4.99 Å². The number of halogens is 4. The molecule has 0 saturated heterocycles. The fourth-order valence-electron chi connectivity index (χ4n) is 1.53. The molecule has 7 heteroatoms. The summed E-state index contributed by atoms with van der Waals surface area (Å²) in [4.78, 5) is 4.17. The molecule has 0 saturated carbocycles. The molecule has 0 spiro atoms. The summed E-state index contributed by atoms with van der Waals surface area (Å²) in [6, 6.07) is 4.84. The molecule has 3 nitrogen and oxygen atoms in total. The molecule has 0 unspecified atom stereocenters. The predicted octanol–water partition coefficient (Wildman–Crippen LogP) is 3.24. The van der Waals surface area contributed by atoms with Crippen LogP contribution in [0.15, 0.2) is 29.3 Å². The van der Waals surface area contributed by atoms with Crippen LogP contribution in [0.3, 0.4) is 0 Å². The summed E-state index contributed by atoms with van der Waals surface area (Å²) in [6.07, 6.45) is -2.41. The molecular weight excluding hydrogens is 267 g/mol. The number of hydrogen-bond donors (Lipinski definition) is 2. The number of amidine groups is 1. The highest BCUT2D eigenvalue weighted by Gasteiger charge is 2.29. The van der Waals surface area contributed by atoms with E-state index in [4.69, 9.17) is 0 Å². The Bertz CT molecular complexity index is 415. The first-order chi connectivity index (χ1) is 8.05. The third-order valence-corrected chi connectivity index (χ3v) is 2.44. The van der Waals surface area contributed by atoms with Crippen LogP contribution in [0.4, 0.5) is 18.9 Å². The van der Waals surface area contributed by atoms with E-state index < -0.39 is 11.7 Å². The van der Waals surface area contributed by atoms with Gasteiger partial charge in [0.15, 0.2) is 0 Å². The van der Waals surface area contributed by atoms with Gasteiger partial charge in [-0.15, -0.1) is 12.4 Å². The fraction of sp³-hybridized carbons (Fsp3) is 0.364. The minimum absolute atomic E-state index is 0. The van der Waals surface area contributed by atoms with E-state index in [2.05, 4.69) is 15.8 Å². The first-order valence-electron chi connectivity index (χ1n) is 5.28. The lowest BCUT2D eigenvalue weighted by Gasteiger charge is -2.11. The molecule has 0 atom stereocenters. The van der Waals surface area contributed by atoms with E-state index in [1.807, 2.05) is 0 Å². The van der Waals surface area contributed by atoms with Gasteiger partial charge in [-0.05, 0) is 30.7 Å². The van der Waals surface area contributed by atoms with Crippen molar-refractivity contribution >= 4 is 23.9 Å². The van der Waals surface area contributed by atoms with E-state index in [1.165, 1.54) is 12.1 Å². The van der Waals surface area contributed by atoms with Crippen molar-refractivity contribution in [2.75, 3.05) is 12.0 Å². The van der Waals surface area contributed by atoms with Gasteiger partial charge >= 0.3 is 6.18 Å². The molecule has 2 rings (SSSR count). The van der Waals surface area contributed by atoms with Gasteiger partial charge in [0.25, 0.3) is 0 Å². The quantitative estimate of drug-likeness (QED) is 0.816. The Balaban J connectivity index is 0.00000162. The van der Waals surface area contributed by atoms with Crippen LogP contribution in [0, 0.1) is 0 Å². The molecule has 0 aliphatic carbocycles. The molecule has 0 amide bonds. The monoisotopic (exact) mass is 279 g/mol. The number of hydrogen-bond acceptors (Lipinski definition) is 3. The molecule has 18 heavy (non-hydrogen) atoms. The van der Waals surface area contributed by atoms with E-state index in [0.29, 0.717) is 5.69 Å². The van der Waals surface area contributed by atoms with Crippen molar-refractivity contribution in [3.05, 3.63) is 29.8 Å². The number of nitrogens with zero attached hydrogens (tertiary/aromatic N) is 1. The van der Waals surface area contributed by atoms with Crippen molar-refractivity contribution in [3.8, 4) is 0 Å². The lowest BCUT2D eigenvalue weighted by molar-refractivity contribution is -0.137. The molecule has 1 aromatic rings. The Labute approximate surface area is 109 Å². The second-order valence-electron chi connectivity index (χ2n) is 3.76. The Morgan fingerprint density at radius 1 is 1.06 bits per heavy atom. The van der Waals surface area contributed by atoms with Gasteiger partial charge < -0.3 is 0 Å². The van der Waals surface area contributed by atoms with Gasteiger partial charge in [-0.25, -0.2) is 0 Å². The number of anilines is 1. The number of benzene rings is 1. The van der Waals surface area contributed by atoms with Crippen LogP contribution >= 0.6 is 12.4 Å². The largest absolute Gasteiger partial charge is 0.416 e. The molecule has 1 heterocycles. The Morgan fingerprint density at radius 3 is 2.22 bits per heavy atom. The highest BCUT2D eigenvalue weighted by atomic mass is 35.5. The summed E-state index contributed by atoms with van der Waals surface area (Å²) in [5.74, 6) is 0.838. The third-order valence-electron chi connectivity index (χ3n) is 2.44. The van der Waals surface area contributed by atoms with Gasteiger partial charge in [0.05, 0.1) is 11.3 Å². The van der Waals surface area contributed by atoms with E-state index in [9.17, 15) is 13.2 Å². The van der Waals surface area contributed by atoms with Gasteiger partial charge in [-0.3, -0.25) is 15.8 Å². The lowest BCUT2D eigenvalue weighted by Crippen LogP contribution is -2.27. The Hall–Kier alpha value is -1.43. The van der Waals surface area contributed by atoms with Crippen molar-refractivity contribution < 1.29 is 13.2 Å². The molecule has 0 radical (unpaired) electrons. The summed E-state index contributed by atoms with van der Waals surface area (Å²) >= 11 is 0. The second-order valence-corrected chi connectivity index (χ2v) is 3.76. The number of nitrogens with one attached hydrogen (secondary N) is 2. The first-order valence-corrected chi connectivity index (χ1v) is 5.28. The number of aliphatic imine (C=N–C) groups is 1. The molecule has 0 aromatic heterocycles. The van der Waals surface area contributed by atoms with Gasteiger partial charge in [0.2, 0.25) is 0 Å².